The molecule has 1 heterocycles. The summed E-state index contributed by atoms with van der Waals surface area (Å²) in [5.74, 6) is -0.993. The van der Waals surface area contributed by atoms with Crippen molar-refractivity contribution < 1.29 is 17.6 Å². The summed E-state index contributed by atoms with van der Waals surface area (Å²) in [6.07, 6.45) is -3.97. The minimum atomic E-state index is -4.76. The maximum atomic E-state index is 13.7. The second kappa shape index (κ2) is 4.28. The number of anilines is 1. The van der Waals surface area contributed by atoms with E-state index < -0.39 is 29.1 Å². The third-order valence-corrected chi connectivity index (χ3v) is 2.37. The minimum Gasteiger partial charge on any atom is -0.396 e. The zero-order chi connectivity index (χ0) is 14.2. The lowest BCUT2D eigenvalue weighted by Crippen LogP contribution is -2.16. The van der Waals surface area contributed by atoms with Crippen LogP contribution in [0.15, 0.2) is 24.4 Å². The monoisotopic (exact) mass is 270 g/mol. The Morgan fingerprint density at radius 3 is 2.53 bits per heavy atom. The van der Waals surface area contributed by atoms with Gasteiger partial charge in [-0.15, -0.1) is 0 Å². The van der Waals surface area contributed by atoms with Crippen molar-refractivity contribution in [3.8, 4) is 11.8 Å². The lowest BCUT2D eigenvalue weighted by atomic mass is 10.2. The van der Waals surface area contributed by atoms with E-state index in [1.807, 2.05) is 0 Å². The molecular weight excluding hydrogens is 264 g/mol. The van der Waals surface area contributed by atoms with Crippen molar-refractivity contribution in [2.45, 2.75) is 6.18 Å². The molecule has 1 aromatic heterocycles. The van der Waals surface area contributed by atoms with Crippen molar-refractivity contribution in [1.29, 1.82) is 5.26 Å². The molecule has 0 atom stereocenters. The quantitative estimate of drug-likeness (QED) is 0.809. The first kappa shape index (κ1) is 12.9. The number of rotatable bonds is 1. The van der Waals surface area contributed by atoms with Crippen LogP contribution in [0.25, 0.3) is 5.69 Å². The molecule has 2 rings (SSSR count). The van der Waals surface area contributed by atoms with E-state index in [4.69, 9.17) is 11.0 Å². The van der Waals surface area contributed by atoms with Crippen LogP contribution in [0.1, 0.15) is 11.3 Å². The Morgan fingerprint density at radius 1 is 1.32 bits per heavy atom. The van der Waals surface area contributed by atoms with Crippen LogP contribution in [0.4, 0.5) is 23.2 Å². The average Bonchev–Trinajstić information content (AvgIpc) is 2.70. The summed E-state index contributed by atoms with van der Waals surface area (Å²) < 4.78 is 52.4. The Kier molecular flexibility index (Phi) is 2.90. The summed E-state index contributed by atoms with van der Waals surface area (Å²) in [5.41, 5.74) is 2.91. The molecule has 0 saturated heterocycles. The molecular formula is C11H6F4N4. The van der Waals surface area contributed by atoms with Gasteiger partial charge in [-0.25, -0.2) is 9.07 Å². The van der Waals surface area contributed by atoms with Gasteiger partial charge in [0.05, 0.1) is 23.5 Å². The van der Waals surface area contributed by atoms with Crippen molar-refractivity contribution in [3.05, 3.63) is 41.5 Å². The molecule has 0 aliphatic heterocycles. The lowest BCUT2D eigenvalue weighted by molar-refractivity contribution is -0.142. The summed E-state index contributed by atoms with van der Waals surface area (Å²) >= 11 is 0. The largest absolute Gasteiger partial charge is 0.435 e. The van der Waals surface area contributed by atoms with Crippen LogP contribution in [-0.4, -0.2) is 9.78 Å². The fourth-order valence-corrected chi connectivity index (χ4v) is 1.58. The molecule has 98 valence electrons. The molecule has 4 nitrogen and oxygen atoms in total. The van der Waals surface area contributed by atoms with E-state index in [2.05, 4.69) is 5.10 Å². The fourth-order valence-electron chi connectivity index (χ4n) is 1.58. The van der Waals surface area contributed by atoms with Gasteiger partial charge in [-0.3, -0.25) is 0 Å². The maximum absolute atomic E-state index is 13.7. The van der Waals surface area contributed by atoms with Gasteiger partial charge in [0.2, 0.25) is 0 Å². The summed E-state index contributed by atoms with van der Waals surface area (Å²) in [7, 11) is 0. The molecule has 1 aromatic carbocycles. The number of nitriles is 1. The van der Waals surface area contributed by atoms with Gasteiger partial charge in [0, 0.05) is 0 Å². The topological polar surface area (TPSA) is 67.6 Å². The highest BCUT2D eigenvalue weighted by Gasteiger charge is 2.38. The van der Waals surface area contributed by atoms with Gasteiger partial charge < -0.3 is 5.73 Å². The molecule has 0 amide bonds. The van der Waals surface area contributed by atoms with Crippen LogP contribution in [0.5, 0.6) is 0 Å². The second-order valence-corrected chi connectivity index (χ2v) is 3.64. The summed E-state index contributed by atoms with van der Waals surface area (Å²) in [4.78, 5) is 0. The van der Waals surface area contributed by atoms with Crippen LogP contribution in [-0.2, 0) is 6.18 Å². The molecule has 19 heavy (non-hydrogen) atoms. The zero-order valence-electron chi connectivity index (χ0n) is 9.24. The molecule has 0 unspecified atom stereocenters. The molecule has 0 saturated carbocycles. The summed E-state index contributed by atoms with van der Waals surface area (Å²) in [6.45, 7) is 0. The third-order valence-electron chi connectivity index (χ3n) is 2.37. The van der Waals surface area contributed by atoms with Gasteiger partial charge in [0.1, 0.15) is 11.5 Å². The predicted octanol–water partition coefficient (Wildman–Crippen LogP) is 2.48. The molecule has 2 aromatic rings. The molecule has 0 aliphatic carbocycles. The fraction of sp³-hybridized carbons (Fsp3) is 0.0909. The van der Waals surface area contributed by atoms with Crippen LogP contribution >= 0.6 is 0 Å². The second-order valence-electron chi connectivity index (χ2n) is 3.64. The standard InChI is InChI=1S/C11H6F4N4/c12-7-3-6(4-16)1-2-9(7)19-10(11(13,14)15)8(17)5-18-19/h1-3,5H,17H2. The highest BCUT2D eigenvalue weighted by atomic mass is 19.4. The van der Waals surface area contributed by atoms with Crippen molar-refractivity contribution in [1.82, 2.24) is 9.78 Å². The number of nitrogens with two attached hydrogens (primary N) is 1. The summed E-state index contributed by atoms with van der Waals surface area (Å²) in [5, 5.41) is 12.0. The van der Waals surface area contributed by atoms with Crippen LogP contribution < -0.4 is 5.73 Å². The predicted molar refractivity (Wildman–Crippen MR) is 57.7 cm³/mol. The Bertz CT molecular complexity index is 666. The van der Waals surface area contributed by atoms with E-state index in [1.54, 1.807) is 6.07 Å². The van der Waals surface area contributed by atoms with Gasteiger partial charge in [-0.1, -0.05) is 0 Å². The first-order valence-electron chi connectivity index (χ1n) is 4.95. The highest BCUT2D eigenvalue weighted by Crippen LogP contribution is 2.35. The molecule has 0 radical (unpaired) electrons. The minimum absolute atomic E-state index is 0.00469. The number of alkyl halides is 3. The Balaban J connectivity index is 2.64. The van der Waals surface area contributed by atoms with E-state index in [0.29, 0.717) is 4.68 Å². The van der Waals surface area contributed by atoms with Gasteiger partial charge in [0.25, 0.3) is 0 Å². The molecule has 2 N–H and O–H groups in total. The number of halogens is 4. The molecule has 0 fully saturated rings. The normalized spacial score (nSPS) is 11.3. The van der Waals surface area contributed by atoms with Crippen molar-refractivity contribution in [2.24, 2.45) is 0 Å². The van der Waals surface area contributed by atoms with Gasteiger partial charge in [-0.05, 0) is 18.2 Å². The molecule has 8 heteroatoms. The summed E-state index contributed by atoms with van der Waals surface area (Å²) in [6, 6.07) is 4.73. The third kappa shape index (κ3) is 2.22. The average molecular weight is 270 g/mol. The van der Waals surface area contributed by atoms with E-state index in [0.717, 1.165) is 18.3 Å². The number of hydrogen-bond donors (Lipinski definition) is 1. The maximum Gasteiger partial charge on any atom is 0.435 e. The molecule has 0 aliphatic rings. The molecule has 0 bridgehead atoms. The zero-order valence-corrected chi connectivity index (χ0v) is 9.24. The number of nitrogens with zero attached hydrogens (tertiary/aromatic N) is 3. The van der Waals surface area contributed by atoms with E-state index >= 15 is 0 Å². The Labute approximate surface area is 104 Å². The molecule has 0 spiro atoms. The van der Waals surface area contributed by atoms with E-state index in [1.165, 1.54) is 6.07 Å². The SMILES string of the molecule is N#Cc1ccc(-n2ncc(N)c2C(F)(F)F)c(F)c1. The van der Waals surface area contributed by atoms with Crippen LogP contribution in [0, 0.1) is 17.1 Å². The number of aromatic nitrogens is 2. The lowest BCUT2D eigenvalue weighted by Gasteiger charge is -2.11. The van der Waals surface area contributed by atoms with Crippen molar-refractivity contribution in [2.75, 3.05) is 5.73 Å². The highest BCUT2D eigenvalue weighted by molar-refractivity contribution is 5.49. The number of benzene rings is 1. The van der Waals surface area contributed by atoms with Gasteiger partial charge in [-0.2, -0.15) is 23.5 Å². The first-order chi connectivity index (χ1) is 8.84. The van der Waals surface area contributed by atoms with Crippen LogP contribution in [0.3, 0.4) is 0 Å². The van der Waals surface area contributed by atoms with Crippen LogP contribution in [0.2, 0.25) is 0 Å². The van der Waals surface area contributed by atoms with Gasteiger partial charge >= 0.3 is 6.18 Å². The van der Waals surface area contributed by atoms with Crippen molar-refractivity contribution >= 4 is 5.69 Å². The number of hydrogen-bond acceptors (Lipinski definition) is 3. The van der Waals surface area contributed by atoms with E-state index in [-0.39, 0.29) is 5.56 Å². The van der Waals surface area contributed by atoms with E-state index in [9.17, 15) is 17.6 Å². The first-order valence-corrected chi connectivity index (χ1v) is 4.95. The Morgan fingerprint density at radius 2 is 2.00 bits per heavy atom. The number of nitrogen functional groups attached to an aromatic ring is 1. The Hall–Kier alpha value is -2.56. The van der Waals surface area contributed by atoms with Crippen molar-refractivity contribution in [3.63, 3.8) is 0 Å². The smallest absolute Gasteiger partial charge is 0.396 e. The van der Waals surface area contributed by atoms with Gasteiger partial charge in [0.15, 0.2) is 5.69 Å².